The van der Waals surface area contributed by atoms with Crippen molar-refractivity contribution in [2.24, 2.45) is 5.41 Å². The normalized spacial score (nSPS) is 11.4. The number of rotatable bonds is 6. The van der Waals surface area contributed by atoms with Crippen LogP contribution in [0.5, 0.6) is 0 Å². The van der Waals surface area contributed by atoms with Crippen molar-refractivity contribution < 1.29 is 14.3 Å². The third-order valence-electron chi connectivity index (χ3n) is 3.64. The lowest BCUT2D eigenvalue weighted by Crippen LogP contribution is -2.39. The van der Waals surface area contributed by atoms with Gasteiger partial charge < -0.3 is 10.4 Å². The fraction of sp³-hybridized carbons (Fsp3) is 0.500. The third kappa shape index (κ3) is 4.14. The highest BCUT2D eigenvalue weighted by atomic mass is 127. The number of amides is 1. The number of carbonyl (C=O) groups excluding carboxylic acids is 1. The van der Waals surface area contributed by atoms with Gasteiger partial charge in [0.05, 0.1) is 12.2 Å². The fourth-order valence-corrected chi connectivity index (χ4v) is 2.54. The van der Waals surface area contributed by atoms with Crippen LogP contribution in [0.3, 0.4) is 0 Å². The molecule has 0 bridgehead atoms. The van der Waals surface area contributed by atoms with Crippen molar-refractivity contribution in [3.05, 3.63) is 33.1 Å². The van der Waals surface area contributed by atoms with Crippen molar-refractivity contribution in [2.45, 2.75) is 26.7 Å². The van der Waals surface area contributed by atoms with E-state index in [9.17, 15) is 14.3 Å². The lowest BCUT2D eigenvalue weighted by atomic mass is 9.83. The van der Waals surface area contributed by atoms with E-state index in [0.717, 1.165) is 12.8 Å². The van der Waals surface area contributed by atoms with Crippen LogP contribution < -0.4 is 5.32 Å². The van der Waals surface area contributed by atoms with Crippen molar-refractivity contribution in [1.82, 2.24) is 5.32 Å². The maximum absolute atomic E-state index is 13.0. The molecule has 0 atom stereocenters. The van der Waals surface area contributed by atoms with Gasteiger partial charge in [-0.2, -0.15) is 0 Å². The summed E-state index contributed by atoms with van der Waals surface area (Å²) in [5, 5.41) is 12.3. The first-order valence-electron chi connectivity index (χ1n) is 6.32. The molecule has 0 aromatic heterocycles. The Kier molecular flexibility index (Phi) is 6.19. The average molecular weight is 379 g/mol. The molecule has 19 heavy (non-hydrogen) atoms. The summed E-state index contributed by atoms with van der Waals surface area (Å²) in [5.41, 5.74) is 0.183. The zero-order valence-electron chi connectivity index (χ0n) is 11.2. The molecule has 0 radical (unpaired) electrons. The molecule has 0 spiro atoms. The smallest absolute Gasteiger partial charge is 0.252 e. The maximum Gasteiger partial charge on any atom is 0.252 e. The number of nitrogens with one attached hydrogen (secondary N) is 1. The fourth-order valence-electron chi connectivity index (χ4n) is 1.82. The molecular weight excluding hydrogens is 360 g/mol. The Morgan fingerprint density at radius 2 is 2.05 bits per heavy atom. The molecule has 2 N–H and O–H groups in total. The highest BCUT2D eigenvalue weighted by Crippen LogP contribution is 2.24. The van der Waals surface area contributed by atoms with Crippen molar-refractivity contribution >= 4 is 28.5 Å². The molecular formula is C14H19FINO2. The van der Waals surface area contributed by atoms with E-state index in [1.54, 1.807) is 0 Å². The van der Waals surface area contributed by atoms with E-state index in [4.69, 9.17) is 0 Å². The number of benzene rings is 1. The van der Waals surface area contributed by atoms with E-state index in [-0.39, 0.29) is 23.7 Å². The number of carbonyl (C=O) groups is 1. The topological polar surface area (TPSA) is 49.3 Å². The van der Waals surface area contributed by atoms with Gasteiger partial charge in [-0.05, 0) is 53.6 Å². The van der Waals surface area contributed by atoms with Gasteiger partial charge in [0.25, 0.3) is 5.91 Å². The minimum absolute atomic E-state index is 0.0425. The van der Waals surface area contributed by atoms with Gasteiger partial charge in [-0.1, -0.05) is 13.8 Å². The minimum atomic E-state index is -0.354. The molecule has 0 fully saturated rings. The molecule has 1 amide bonds. The molecule has 0 aliphatic carbocycles. The van der Waals surface area contributed by atoms with Gasteiger partial charge in [-0.25, -0.2) is 4.39 Å². The predicted octanol–water partition coefficient (Wildman–Crippen LogP) is 2.96. The second-order valence-corrected chi connectivity index (χ2v) is 5.83. The molecule has 1 aromatic rings. The molecule has 0 aliphatic heterocycles. The summed E-state index contributed by atoms with van der Waals surface area (Å²) in [6.45, 7) is 4.45. The van der Waals surface area contributed by atoms with E-state index in [0.29, 0.717) is 15.7 Å². The summed E-state index contributed by atoms with van der Waals surface area (Å²) >= 11 is 1.94. The Hall–Kier alpha value is -0.690. The summed E-state index contributed by atoms with van der Waals surface area (Å²) in [5.74, 6) is -0.586. The zero-order valence-corrected chi connectivity index (χ0v) is 13.3. The molecule has 106 valence electrons. The van der Waals surface area contributed by atoms with E-state index in [1.807, 2.05) is 36.4 Å². The number of hydrogen-bond donors (Lipinski definition) is 2. The van der Waals surface area contributed by atoms with Crippen molar-refractivity contribution in [3.63, 3.8) is 0 Å². The van der Waals surface area contributed by atoms with Crippen molar-refractivity contribution in [2.75, 3.05) is 13.2 Å². The van der Waals surface area contributed by atoms with Crippen LogP contribution in [0.25, 0.3) is 0 Å². The maximum atomic E-state index is 13.0. The van der Waals surface area contributed by atoms with E-state index in [2.05, 4.69) is 5.32 Å². The predicted molar refractivity (Wildman–Crippen MR) is 81.6 cm³/mol. The molecule has 0 saturated heterocycles. The van der Waals surface area contributed by atoms with Crippen LogP contribution in [-0.2, 0) is 0 Å². The van der Waals surface area contributed by atoms with Crippen molar-refractivity contribution in [1.29, 1.82) is 0 Å². The summed E-state index contributed by atoms with van der Waals surface area (Å²) in [6.07, 6.45) is 1.58. The SMILES string of the molecule is CCC(CC)(CO)CNC(=O)c1ccc(F)cc1I. The van der Waals surface area contributed by atoms with Crippen LogP contribution >= 0.6 is 22.6 Å². The Labute approximate surface area is 126 Å². The van der Waals surface area contributed by atoms with Gasteiger partial charge in [-0.15, -0.1) is 0 Å². The number of hydrogen-bond acceptors (Lipinski definition) is 2. The summed E-state index contributed by atoms with van der Waals surface area (Å²) in [6, 6.07) is 4.08. The summed E-state index contributed by atoms with van der Waals surface area (Å²) < 4.78 is 13.6. The standard InChI is InChI=1S/C14H19FINO2/c1-3-14(4-2,9-18)8-17-13(19)11-6-5-10(15)7-12(11)16/h5-7,18H,3-4,8-9H2,1-2H3,(H,17,19). The van der Waals surface area contributed by atoms with Crippen LogP contribution in [0.2, 0.25) is 0 Å². The second kappa shape index (κ2) is 7.19. The van der Waals surface area contributed by atoms with E-state index >= 15 is 0 Å². The second-order valence-electron chi connectivity index (χ2n) is 4.67. The Balaban J connectivity index is 2.75. The third-order valence-corrected chi connectivity index (χ3v) is 4.53. The van der Waals surface area contributed by atoms with Crippen LogP contribution in [0.15, 0.2) is 18.2 Å². The lowest BCUT2D eigenvalue weighted by Gasteiger charge is -2.29. The van der Waals surface area contributed by atoms with Crippen molar-refractivity contribution in [3.8, 4) is 0 Å². The number of aliphatic hydroxyl groups is 1. The molecule has 3 nitrogen and oxygen atoms in total. The first-order chi connectivity index (χ1) is 8.98. The van der Waals surface area contributed by atoms with Gasteiger partial charge in [0.15, 0.2) is 0 Å². The first kappa shape index (κ1) is 16.4. The number of aliphatic hydroxyl groups excluding tert-OH is 1. The van der Waals surface area contributed by atoms with E-state index in [1.165, 1.54) is 18.2 Å². The molecule has 0 unspecified atom stereocenters. The zero-order chi connectivity index (χ0) is 14.5. The molecule has 5 heteroatoms. The number of halogens is 2. The minimum Gasteiger partial charge on any atom is -0.396 e. The van der Waals surface area contributed by atoms with Crippen LogP contribution in [-0.4, -0.2) is 24.2 Å². The van der Waals surface area contributed by atoms with Crippen LogP contribution in [0, 0.1) is 14.8 Å². The Bertz CT molecular complexity index is 439. The van der Waals surface area contributed by atoms with Gasteiger partial charge >= 0.3 is 0 Å². The molecule has 1 aromatic carbocycles. The average Bonchev–Trinajstić information content (AvgIpc) is 2.40. The Morgan fingerprint density at radius 1 is 1.42 bits per heavy atom. The van der Waals surface area contributed by atoms with Crippen LogP contribution in [0.1, 0.15) is 37.0 Å². The summed E-state index contributed by atoms with van der Waals surface area (Å²) in [7, 11) is 0. The molecule has 0 heterocycles. The molecule has 1 rings (SSSR count). The van der Waals surface area contributed by atoms with Gasteiger partial charge in [0.2, 0.25) is 0 Å². The van der Waals surface area contributed by atoms with Gasteiger partial charge in [0, 0.05) is 15.5 Å². The van der Waals surface area contributed by atoms with Crippen LogP contribution in [0.4, 0.5) is 4.39 Å². The highest BCUT2D eigenvalue weighted by Gasteiger charge is 2.26. The highest BCUT2D eigenvalue weighted by molar-refractivity contribution is 14.1. The summed E-state index contributed by atoms with van der Waals surface area (Å²) in [4.78, 5) is 12.1. The molecule has 0 saturated carbocycles. The largest absolute Gasteiger partial charge is 0.396 e. The first-order valence-corrected chi connectivity index (χ1v) is 7.40. The quantitative estimate of drug-likeness (QED) is 0.747. The molecule has 0 aliphatic rings. The van der Waals surface area contributed by atoms with Gasteiger partial charge in [0.1, 0.15) is 5.82 Å². The van der Waals surface area contributed by atoms with Gasteiger partial charge in [-0.3, -0.25) is 4.79 Å². The Morgan fingerprint density at radius 3 is 2.53 bits per heavy atom. The lowest BCUT2D eigenvalue weighted by molar-refractivity contribution is 0.0850. The monoisotopic (exact) mass is 379 g/mol. The van der Waals surface area contributed by atoms with E-state index < -0.39 is 0 Å².